The number of hydrogen-bond acceptors (Lipinski definition) is 3. The van der Waals surface area contributed by atoms with Gasteiger partial charge in [0.05, 0.1) is 12.8 Å². The van der Waals surface area contributed by atoms with Crippen molar-refractivity contribution in [2.75, 3.05) is 19.5 Å². The molecule has 0 radical (unpaired) electrons. The lowest BCUT2D eigenvalue weighted by molar-refractivity contribution is -0.116. The van der Waals surface area contributed by atoms with Gasteiger partial charge < -0.3 is 15.4 Å². The molecule has 0 aliphatic carbocycles. The van der Waals surface area contributed by atoms with Gasteiger partial charge in [-0.05, 0) is 29.3 Å². The summed E-state index contributed by atoms with van der Waals surface area (Å²) < 4.78 is 5.36. The van der Waals surface area contributed by atoms with Crippen LogP contribution in [0.3, 0.4) is 0 Å². The maximum absolute atomic E-state index is 12.9. The molecule has 0 aliphatic heterocycles. The van der Waals surface area contributed by atoms with Gasteiger partial charge in [-0.1, -0.05) is 60.7 Å². The number of amides is 2. The number of anilines is 1. The van der Waals surface area contributed by atoms with Gasteiger partial charge >= 0.3 is 0 Å². The molecule has 0 atom stereocenters. The molecule has 0 saturated heterocycles. The second-order valence-corrected chi connectivity index (χ2v) is 6.62. The first-order chi connectivity index (χ1) is 14.1. The minimum Gasteiger partial charge on any atom is -0.495 e. The zero-order valence-electron chi connectivity index (χ0n) is 16.5. The largest absolute Gasteiger partial charge is 0.495 e. The number of nitrogens with one attached hydrogen (secondary N) is 2. The van der Waals surface area contributed by atoms with Crippen LogP contribution in [0.2, 0.25) is 0 Å². The second-order valence-electron chi connectivity index (χ2n) is 6.62. The SMILES string of the molecule is CNC(=O)c1ccc(NC(=O)CC(c2ccccc2)c2ccccc2)c(OC)c1. The van der Waals surface area contributed by atoms with Crippen LogP contribution in [-0.2, 0) is 4.79 Å². The van der Waals surface area contributed by atoms with E-state index in [9.17, 15) is 9.59 Å². The molecule has 0 spiro atoms. The Morgan fingerprint density at radius 3 is 2.00 bits per heavy atom. The fourth-order valence-corrected chi connectivity index (χ4v) is 3.27. The Balaban J connectivity index is 1.81. The molecular weight excluding hydrogens is 364 g/mol. The fourth-order valence-electron chi connectivity index (χ4n) is 3.27. The predicted molar refractivity (Wildman–Crippen MR) is 114 cm³/mol. The molecule has 5 nitrogen and oxygen atoms in total. The number of carbonyl (C=O) groups is 2. The second kappa shape index (κ2) is 9.55. The molecular formula is C24H24N2O3. The normalized spacial score (nSPS) is 10.4. The average Bonchev–Trinajstić information content (AvgIpc) is 2.78. The van der Waals surface area contributed by atoms with Crippen LogP contribution in [0.25, 0.3) is 0 Å². The van der Waals surface area contributed by atoms with Crippen molar-refractivity contribution in [2.24, 2.45) is 0 Å². The highest BCUT2D eigenvalue weighted by atomic mass is 16.5. The summed E-state index contributed by atoms with van der Waals surface area (Å²) in [6.45, 7) is 0. The molecule has 0 saturated carbocycles. The van der Waals surface area contributed by atoms with E-state index < -0.39 is 0 Å². The molecule has 5 heteroatoms. The minimum atomic E-state index is -0.214. The topological polar surface area (TPSA) is 67.4 Å². The maximum Gasteiger partial charge on any atom is 0.251 e. The summed E-state index contributed by atoms with van der Waals surface area (Å²) >= 11 is 0. The highest BCUT2D eigenvalue weighted by Gasteiger charge is 2.19. The van der Waals surface area contributed by atoms with Crippen LogP contribution < -0.4 is 15.4 Å². The van der Waals surface area contributed by atoms with E-state index in [4.69, 9.17) is 4.74 Å². The van der Waals surface area contributed by atoms with Crippen molar-refractivity contribution >= 4 is 17.5 Å². The van der Waals surface area contributed by atoms with Gasteiger partial charge in [-0.15, -0.1) is 0 Å². The van der Waals surface area contributed by atoms with E-state index >= 15 is 0 Å². The Bertz CT molecular complexity index is 932. The van der Waals surface area contributed by atoms with Crippen LogP contribution in [-0.4, -0.2) is 26.0 Å². The van der Waals surface area contributed by atoms with Crippen molar-refractivity contribution in [2.45, 2.75) is 12.3 Å². The zero-order valence-corrected chi connectivity index (χ0v) is 16.5. The molecule has 0 bridgehead atoms. The summed E-state index contributed by atoms with van der Waals surface area (Å²) in [6, 6.07) is 24.9. The summed E-state index contributed by atoms with van der Waals surface area (Å²) in [6.07, 6.45) is 0.286. The first kappa shape index (κ1) is 20.1. The molecule has 0 unspecified atom stereocenters. The highest BCUT2D eigenvalue weighted by Crippen LogP contribution is 2.30. The molecule has 29 heavy (non-hydrogen) atoms. The summed E-state index contributed by atoms with van der Waals surface area (Å²) in [7, 11) is 3.08. The molecule has 0 fully saturated rings. The van der Waals surface area contributed by atoms with Gasteiger partial charge in [0.1, 0.15) is 5.75 Å². The van der Waals surface area contributed by atoms with Crippen LogP contribution >= 0.6 is 0 Å². The summed E-state index contributed by atoms with van der Waals surface area (Å²) in [5.74, 6) is 0.0343. The summed E-state index contributed by atoms with van der Waals surface area (Å²) in [5, 5.41) is 5.49. The highest BCUT2D eigenvalue weighted by molar-refractivity contribution is 5.97. The Hall–Kier alpha value is -3.60. The van der Waals surface area contributed by atoms with E-state index in [0.717, 1.165) is 11.1 Å². The van der Waals surface area contributed by atoms with E-state index in [1.807, 2.05) is 60.7 Å². The van der Waals surface area contributed by atoms with Crippen LogP contribution in [0.5, 0.6) is 5.75 Å². The fraction of sp³-hybridized carbons (Fsp3) is 0.167. The molecule has 2 amide bonds. The molecule has 0 aliphatic rings. The van der Waals surface area contributed by atoms with Crippen LogP contribution in [0.4, 0.5) is 5.69 Å². The van der Waals surface area contributed by atoms with Crippen molar-refractivity contribution in [3.63, 3.8) is 0 Å². The Kier molecular flexibility index (Phi) is 6.63. The van der Waals surface area contributed by atoms with Gasteiger partial charge in [-0.2, -0.15) is 0 Å². The third-order valence-corrected chi connectivity index (χ3v) is 4.76. The van der Waals surface area contributed by atoms with E-state index in [-0.39, 0.29) is 24.2 Å². The van der Waals surface area contributed by atoms with Crippen LogP contribution in [0, 0.1) is 0 Å². The van der Waals surface area contributed by atoms with Gasteiger partial charge in [-0.3, -0.25) is 9.59 Å². The number of carbonyl (C=O) groups excluding carboxylic acids is 2. The summed E-state index contributed by atoms with van der Waals surface area (Å²) in [4.78, 5) is 24.7. The maximum atomic E-state index is 12.9. The standard InChI is InChI=1S/C24H24N2O3/c1-25-24(28)19-13-14-21(22(15-19)29-2)26-23(27)16-20(17-9-5-3-6-10-17)18-11-7-4-8-12-18/h3-15,20H,16H2,1-2H3,(H,25,28)(H,26,27). The Labute approximate surface area is 170 Å². The quantitative estimate of drug-likeness (QED) is 0.637. The third kappa shape index (κ3) is 5.02. The van der Waals surface area contributed by atoms with Crippen molar-refractivity contribution < 1.29 is 14.3 Å². The molecule has 3 aromatic rings. The molecule has 3 aromatic carbocycles. The predicted octanol–water partition coefficient (Wildman–Crippen LogP) is 4.22. The van der Waals surface area contributed by atoms with Gasteiger partial charge in [0.25, 0.3) is 5.91 Å². The first-order valence-electron chi connectivity index (χ1n) is 9.42. The molecule has 2 N–H and O–H groups in total. The first-order valence-corrected chi connectivity index (χ1v) is 9.42. The van der Waals surface area contributed by atoms with E-state index in [0.29, 0.717) is 17.0 Å². The number of benzene rings is 3. The van der Waals surface area contributed by atoms with Crippen LogP contribution in [0.1, 0.15) is 33.8 Å². The number of methoxy groups -OCH3 is 1. The van der Waals surface area contributed by atoms with Crippen LogP contribution in [0.15, 0.2) is 78.9 Å². The van der Waals surface area contributed by atoms with Gasteiger partial charge in [0.2, 0.25) is 5.91 Å². The van der Waals surface area contributed by atoms with Crippen molar-refractivity contribution in [3.05, 3.63) is 95.6 Å². The number of ether oxygens (including phenoxy) is 1. The van der Waals surface area contributed by atoms with Gasteiger partial charge in [-0.25, -0.2) is 0 Å². The minimum absolute atomic E-state index is 0.0615. The van der Waals surface area contributed by atoms with Crippen molar-refractivity contribution in [1.82, 2.24) is 5.32 Å². The molecule has 3 rings (SSSR count). The lowest BCUT2D eigenvalue weighted by atomic mass is 9.88. The molecule has 0 aromatic heterocycles. The zero-order chi connectivity index (χ0) is 20.6. The summed E-state index contributed by atoms with van der Waals surface area (Å²) in [5.41, 5.74) is 3.16. The average molecular weight is 388 g/mol. The lowest BCUT2D eigenvalue weighted by Gasteiger charge is -2.18. The Morgan fingerprint density at radius 2 is 1.48 bits per heavy atom. The lowest BCUT2D eigenvalue weighted by Crippen LogP contribution is -2.19. The number of rotatable bonds is 7. The molecule has 0 heterocycles. The van der Waals surface area contributed by atoms with E-state index in [2.05, 4.69) is 10.6 Å². The monoisotopic (exact) mass is 388 g/mol. The molecule has 148 valence electrons. The van der Waals surface area contributed by atoms with E-state index in [1.165, 1.54) is 7.11 Å². The van der Waals surface area contributed by atoms with Gasteiger partial charge in [0.15, 0.2) is 0 Å². The smallest absolute Gasteiger partial charge is 0.251 e. The van der Waals surface area contributed by atoms with Crippen molar-refractivity contribution in [1.29, 1.82) is 0 Å². The third-order valence-electron chi connectivity index (χ3n) is 4.76. The Morgan fingerprint density at radius 1 is 0.897 bits per heavy atom. The van der Waals surface area contributed by atoms with Gasteiger partial charge in [0, 0.05) is 24.9 Å². The van der Waals surface area contributed by atoms with E-state index in [1.54, 1.807) is 25.2 Å². The van der Waals surface area contributed by atoms with Crippen molar-refractivity contribution in [3.8, 4) is 5.75 Å². The number of hydrogen-bond donors (Lipinski definition) is 2.